The van der Waals surface area contributed by atoms with Gasteiger partial charge >= 0.3 is 0 Å². The molecular weight excluding hydrogens is 184 g/mol. The van der Waals surface area contributed by atoms with E-state index < -0.39 is 0 Å². The third-order valence-electron chi connectivity index (χ3n) is 2.37. The smallest absolute Gasteiger partial charge is 0.162 e. The summed E-state index contributed by atoms with van der Waals surface area (Å²) in [7, 11) is 0. The van der Waals surface area contributed by atoms with E-state index in [-0.39, 0.29) is 16.5 Å². The molecule has 3 heteroatoms. The van der Waals surface area contributed by atoms with Gasteiger partial charge in [-0.15, -0.1) is 0 Å². The van der Waals surface area contributed by atoms with Crippen LogP contribution in [0.15, 0.2) is 0 Å². The van der Waals surface area contributed by atoms with Crippen LogP contribution >= 0.6 is 12.6 Å². The van der Waals surface area contributed by atoms with Crippen LogP contribution in [0.3, 0.4) is 0 Å². The van der Waals surface area contributed by atoms with Crippen LogP contribution in [-0.2, 0) is 9.47 Å². The van der Waals surface area contributed by atoms with Crippen LogP contribution in [0, 0.1) is 5.41 Å². The molecule has 1 rings (SSSR count). The van der Waals surface area contributed by atoms with Gasteiger partial charge in [0.2, 0.25) is 0 Å². The highest BCUT2D eigenvalue weighted by Crippen LogP contribution is 2.32. The Bertz CT molecular complexity index is 166. The van der Waals surface area contributed by atoms with Crippen molar-refractivity contribution in [3.05, 3.63) is 0 Å². The van der Waals surface area contributed by atoms with Crippen LogP contribution in [0.2, 0.25) is 0 Å². The summed E-state index contributed by atoms with van der Waals surface area (Å²) in [5.74, 6) is 0. The fraction of sp³-hybridized carbons (Fsp3) is 1.00. The van der Waals surface area contributed by atoms with Gasteiger partial charge in [-0.3, -0.25) is 0 Å². The average Bonchev–Trinajstić information content (AvgIpc) is 2.04. The van der Waals surface area contributed by atoms with Gasteiger partial charge in [-0.25, -0.2) is 0 Å². The highest BCUT2D eigenvalue weighted by molar-refractivity contribution is 7.81. The van der Waals surface area contributed by atoms with Crippen molar-refractivity contribution in [1.29, 1.82) is 0 Å². The van der Waals surface area contributed by atoms with E-state index in [0.717, 1.165) is 6.42 Å². The Morgan fingerprint density at radius 3 is 2.08 bits per heavy atom. The van der Waals surface area contributed by atoms with E-state index in [2.05, 4.69) is 40.3 Å². The van der Waals surface area contributed by atoms with E-state index in [9.17, 15) is 0 Å². The van der Waals surface area contributed by atoms with Crippen molar-refractivity contribution < 1.29 is 9.47 Å². The summed E-state index contributed by atoms with van der Waals surface area (Å²) in [6.45, 7) is 9.85. The molecule has 0 bridgehead atoms. The number of hydrogen-bond donors (Lipinski definition) is 1. The Labute approximate surface area is 86.4 Å². The van der Waals surface area contributed by atoms with Crippen molar-refractivity contribution in [3.8, 4) is 0 Å². The number of rotatable bonds is 1. The minimum Gasteiger partial charge on any atom is -0.351 e. The Hall–Kier alpha value is 0.270. The summed E-state index contributed by atoms with van der Waals surface area (Å²) in [6, 6.07) is 0. The molecule has 1 fully saturated rings. The molecule has 0 aromatic carbocycles. The summed E-state index contributed by atoms with van der Waals surface area (Å²) in [4.78, 5) is 0. The largest absolute Gasteiger partial charge is 0.351 e. The van der Waals surface area contributed by atoms with Gasteiger partial charge in [-0.1, -0.05) is 27.7 Å². The van der Waals surface area contributed by atoms with Crippen LogP contribution in [0.1, 0.15) is 34.1 Å². The van der Waals surface area contributed by atoms with Gasteiger partial charge in [0.05, 0.1) is 18.0 Å². The van der Waals surface area contributed by atoms with Gasteiger partial charge in [0, 0.05) is 5.41 Å². The molecule has 0 aromatic heterocycles. The van der Waals surface area contributed by atoms with Gasteiger partial charge in [-0.05, 0) is 6.42 Å². The van der Waals surface area contributed by atoms with E-state index in [1.54, 1.807) is 0 Å². The van der Waals surface area contributed by atoms with Crippen molar-refractivity contribution in [2.75, 3.05) is 13.2 Å². The molecule has 1 heterocycles. The molecule has 0 aromatic rings. The molecule has 0 unspecified atom stereocenters. The topological polar surface area (TPSA) is 18.5 Å². The Morgan fingerprint density at radius 1 is 1.31 bits per heavy atom. The first kappa shape index (κ1) is 11.3. The van der Waals surface area contributed by atoms with Crippen molar-refractivity contribution in [1.82, 2.24) is 0 Å². The highest BCUT2D eigenvalue weighted by atomic mass is 32.1. The van der Waals surface area contributed by atoms with E-state index >= 15 is 0 Å². The fourth-order valence-corrected chi connectivity index (χ4v) is 1.40. The quantitative estimate of drug-likeness (QED) is 0.662. The zero-order valence-corrected chi connectivity index (χ0v) is 9.86. The molecule has 0 spiro atoms. The molecule has 0 atom stereocenters. The minimum atomic E-state index is -0.0840. The molecule has 1 saturated heterocycles. The number of hydrogen-bond acceptors (Lipinski definition) is 3. The Balaban J connectivity index is 2.48. The second kappa shape index (κ2) is 3.79. The van der Waals surface area contributed by atoms with E-state index in [4.69, 9.17) is 9.47 Å². The maximum Gasteiger partial charge on any atom is 0.162 e. The highest BCUT2D eigenvalue weighted by Gasteiger charge is 2.37. The average molecular weight is 204 g/mol. The van der Waals surface area contributed by atoms with Gasteiger partial charge in [0.25, 0.3) is 0 Å². The molecule has 0 saturated carbocycles. The molecule has 0 aliphatic carbocycles. The molecule has 0 amide bonds. The number of ether oxygens (including phenoxy) is 2. The first-order chi connectivity index (χ1) is 5.87. The minimum absolute atomic E-state index is 0.0584. The number of thiol groups is 1. The third-order valence-corrected chi connectivity index (χ3v) is 2.95. The van der Waals surface area contributed by atoms with Crippen molar-refractivity contribution in [2.45, 2.75) is 45.2 Å². The third kappa shape index (κ3) is 2.86. The summed E-state index contributed by atoms with van der Waals surface area (Å²) >= 11 is 4.54. The Morgan fingerprint density at radius 2 is 1.77 bits per heavy atom. The maximum absolute atomic E-state index is 5.65. The van der Waals surface area contributed by atoms with Crippen molar-refractivity contribution in [3.63, 3.8) is 0 Å². The molecule has 1 aliphatic rings. The van der Waals surface area contributed by atoms with Gasteiger partial charge < -0.3 is 9.47 Å². The van der Waals surface area contributed by atoms with Crippen LogP contribution in [0.25, 0.3) is 0 Å². The monoisotopic (exact) mass is 204 g/mol. The van der Waals surface area contributed by atoms with Crippen LogP contribution in [0.4, 0.5) is 0 Å². The maximum atomic E-state index is 5.65. The van der Waals surface area contributed by atoms with Gasteiger partial charge in [0.1, 0.15) is 0 Å². The molecule has 0 radical (unpaired) electrons. The van der Waals surface area contributed by atoms with Crippen LogP contribution in [-0.4, -0.2) is 24.3 Å². The zero-order valence-electron chi connectivity index (χ0n) is 8.96. The lowest BCUT2D eigenvalue weighted by molar-refractivity contribution is -0.235. The lowest BCUT2D eigenvalue weighted by Crippen LogP contribution is -2.47. The zero-order chi connectivity index (χ0) is 10.1. The summed E-state index contributed by atoms with van der Waals surface area (Å²) in [5, 5.41) is 0. The molecule has 13 heavy (non-hydrogen) atoms. The predicted molar refractivity (Wildman–Crippen MR) is 57.2 cm³/mol. The van der Waals surface area contributed by atoms with E-state index in [1.165, 1.54) is 0 Å². The van der Waals surface area contributed by atoms with Crippen LogP contribution < -0.4 is 0 Å². The molecule has 0 N–H and O–H groups in total. The van der Waals surface area contributed by atoms with Gasteiger partial charge in [0.15, 0.2) is 6.29 Å². The molecule has 78 valence electrons. The second-order valence-corrected chi connectivity index (χ2v) is 5.85. The Kier molecular flexibility index (Phi) is 3.31. The lowest BCUT2D eigenvalue weighted by atomic mass is 9.94. The molecular formula is C10H20O2S. The second-order valence-electron chi connectivity index (χ2n) is 4.90. The van der Waals surface area contributed by atoms with Crippen molar-refractivity contribution in [2.24, 2.45) is 5.41 Å². The van der Waals surface area contributed by atoms with E-state index in [0.29, 0.717) is 13.2 Å². The SMILES string of the molecule is CCC1(S)COC(C(C)(C)C)OC1. The summed E-state index contributed by atoms with van der Waals surface area (Å²) < 4.78 is 11.2. The predicted octanol–water partition coefficient (Wildman–Crippen LogP) is 2.48. The summed E-state index contributed by atoms with van der Waals surface area (Å²) in [5.41, 5.74) is 0.0584. The lowest BCUT2D eigenvalue weighted by Gasteiger charge is -2.40. The standard InChI is InChI=1S/C10H20O2S/c1-5-10(13)6-11-8(12-7-10)9(2,3)4/h8,13H,5-7H2,1-4H3. The molecule has 2 nitrogen and oxygen atoms in total. The summed E-state index contributed by atoms with van der Waals surface area (Å²) in [6.07, 6.45) is 0.895. The van der Waals surface area contributed by atoms with Crippen LogP contribution in [0.5, 0.6) is 0 Å². The van der Waals surface area contributed by atoms with Crippen molar-refractivity contribution >= 4 is 12.6 Å². The van der Waals surface area contributed by atoms with Gasteiger partial charge in [-0.2, -0.15) is 12.6 Å². The normalized spacial score (nSPS) is 36.2. The molecule has 1 aliphatic heterocycles. The first-order valence-corrected chi connectivity index (χ1v) is 5.28. The fourth-order valence-electron chi connectivity index (χ4n) is 1.26. The van der Waals surface area contributed by atoms with E-state index in [1.807, 2.05) is 0 Å². The first-order valence-electron chi connectivity index (χ1n) is 4.83.